The minimum Gasteiger partial charge on any atom is -0.496 e. The molecular formula is C21H23N3O4S. The van der Waals surface area contributed by atoms with Crippen LogP contribution in [-0.2, 0) is 4.79 Å². The van der Waals surface area contributed by atoms with E-state index in [0.29, 0.717) is 44.9 Å². The van der Waals surface area contributed by atoms with Crippen LogP contribution in [0, 0.1) is 0 Å². The number of thiocarbonyl (C=S) groups is 1. The summed E-state index contributed by atoms with van der Waals surface area (Å²) >= 11 is 5.33. The molecule has 1 amide bonds. The minimum atomic E-state index is -0.540. The number of amides is 1. The van der Waals surface area contributed by atoms with Gasteiger partial charge in [0.2, 0.25) is 0 Å². The molecule has 152 valence electrons. The highest BCUT2D eigenvalue weighted by Gasteiger charge is 2.32. The molecule has 1 aliphatic heterocycles. The highest BCUT2D eigenvalue weighted by Crippen LogP contribution is 2.40. The Morgan fingerprint density at radius 3 is 2.24 bits per heavy atom. The van der Waals surface area contributed by atoms with Gasteiger partial charge in [0.1, 0.15) is 5.75 Å². The van der Waals surface area contributed by atoms with Crippen molar-refractivity contribution < 1.29 is 19.0 Å². The molecule has 2 aromatic carbocycles. The normalized spacial score (nSPS) is 15.9. The first-order valence-corrected chi connectivity index (χ1v) is 9.34. The van der Waals surface area contributed by atoms with Gasteiger partial charge in [-0.25, -0.2) is 0 Å². The predicted molar refractivity (Wildman–Crippen MR) is 115 cm³/mol. The molecule has 2 aromatic rings. The Balaban J connectivity index is 2.07. The predicted octanol–water partition coefficient (Wildman–Crippen LogP) is 3.14. The molecule has 1 aliphatic rings. The molecule has 0 saturated heterocycles. The van der Waals surface area contributed by atoms with Crippen molar-refractivity contribution >= 4 is 28.9 Å². The molecule has 0 aromatic heterocycles. The van der Waals surface area contributed by atoms with Crippen LogP contribution in [0.1, 0.15) is 18.5 Å². The molecule has 0 fully saturated rings. The minimum absolute atomic E-state index is 0.252. The number of allylic oxidation sites excluding steroid dienone is 1. The zero-order valence-corrected chi connectivity index (χ0v) is 17.5. The van der Waals surface area contributed by atoms with Crippen molar-refractivity contribution in [1.29, 1.82) is 0 Å². The number of benzene rings is 2. The fourth-order valence-electron chi connectivity index (χ4n) is 3.23. The number of carbonyl (C=O) groups is 1. The van der Waals surface area contributed by atoms with E-state index in [-0.39, 0.29) is 5.91 Å². The van der Waals surface area contributed by atoms with E-state index >= 15 is 0 Å². The molecule has 0 radical (unpaired) electrons. The number of carbonyl (C=O) groups excluding carboxylic acids is 1. The maximum Gasteiger partial charge on any atom is 0.255 e. The van der Waals surface area contributed by atoms with Crippen LogP contribution < -0.4 is 30.2 Å². The second-order valence-corrected chi connectivity index (χ2v) is 6.75. The summed E-state index contributed by atoms with van der Waals surface area (Å²) in [6.45, 7) is 1.81. The Hall–Kier alpha value is -3.26. The first kappa shape index (κ1) is 20.5. The average Bonchev–Trinajstić information content (AvgIpc) is 2.72. The van der Waals surface area contributed by atoms with Crippen LogP contribution in [0.15, 0.2) is 53.7 Å². The molecule has 0 aliphatic carbocycles. The number of nitrogens with one attached hydrogen (secondary N) is 3. The number of ether oxygens (including phenoxy) is 3. The summed E-state index contributed by atoms with van der Waals surface area (Å²) in [5.41, 5.74) is 2.55. The number of methoxy groups -OCH3 is 3. The van der Waals surface area contributed by atoms with E-state index in [1.165, 1.54) is 0 Å². The highest BCUT2D eigenvalue weighted by atomic mass is 32.1. The molecular weight excluding hydrogens is 390 g/mol. The lowest BCUT2D eigenvalue weighted by atomic mass is 9.93. The van der Waals surface area contributed by atoms with Gasteiger partial charge in [-0.1, -0.05) is 18.2 Å². The van der Waals surface area contributed by atoms with Crippen molar-refractivity contribution in [3.8, 4) is 17.2 Å². The summed E-state index contributed by atoms with van der Waals surface area (Å²) in [6, 6.07) is 12.2. The lowest BCUT2D eigenvalue weighted by molar-refractivity contribution is -0.113. The van der Waals surface area contributed by atoms with Gasteiger partial charge in [0.05, 0.1) is 32.9 Å². The third-order valence-electron chi connectivity index (χ3n) is 4.59. The van der Waals surface area contributed by atoms with Gasteiger partial charge < -0.3 is 30.2 Å². The third-order valence-corrected chi connectivity index (χ3v) is 4.81. The van der Waals surface area contributed by atoms with Crippen molar-refractivity contribution in [3.05, 3.63) is 59.3 Å². The number of hydrogen-bond acceptors (Lipinski definition) is 5. The fourth-order valence-corrected chi connectivity index (χ4v) is 3.50. The summed E-state index contributed by atoms with van der Waals surface area (Å²) in [5, 5.41) is 9.54. The standard InChI is InChI=1S/C21H23N3O4S/c1-12-18(20(25)23-13-8-6-5-7-9-13)19(24-21(29)22-12)14-10-16(27-3)17(28-4)11-15(14)26-2/h5-11,19H,1-4H3,(H,23,25)(H2,22,24,29)/t19-/m1/s1. The van der Waals surface area contributed by atoms with Crippen molar-refractivity contribution in [1.82, 2.24) is 10.6 Å². The topological polar surface area (TPSA) is 80.9 Å². The second-order valence-electron chi connectivity index (χ2n) is 6.34. The Morgan fingerprint density at radius 2 is 1.62 bits per heavy atom. The van der Waals surface area contributed by atoms with Gasteiger partial charge in [-0.05, 0) is 37.3 Å². The maximum absolute atomic E-state index is 13.2. The van der Waals surface area contributed by atoms with E-state index in [9.17, 15) is 4.79 Å². The largest absolute Gasteiger partial charge is 0.496 e. The Kier molecular flexibility index (Phi) is 6.23. The molecule has 1 heterocycles. The SMILES string of the molecule is COc1cc(OC)c([C@H]2NC(=S)NC(C)=C2C(=O)Nc2ccccc2)cc1OC. The molecule has 0 bridgehead atoms. The smallest absolute Gasteiger partial charge is 0.255 e. The summed E-state index contributed by atoms with van der Waals surface area (Å²) in [6.07, 6.45) is 0. The first-order valence-electron chi connectivity index (χ1n) is 8.93. The van der Waals surface area contributed by atoms with Gasteiger partial charge in [-0.15, -0.1) is 0 Å². The van der Waals surface area contributed by atoms with Crippen LogP contribution in [0.2, 0.25) is 0 Å². The van der Waals surface area contributed by atoms with E-state index in [2.05, 4.69) is 16.0 Å². The zero-order chi connectivity index (χ0) is 21.0. The van der Waals surface area contributed by atoms with Crippen LogP contribution >= 0.6 is 12.2 Å². The molecule has 7 nitrogen and oxygen atoms in total. The van der Waals surface area contributed by atoms with Crippen molar-refractivity contribution in [2.75, 3.05) is 26.6 Å². The van der Waals surface area contributed by atoms with Gasteiger partial charge in [-0.3, -0.25) is 4.79 Å². The van der Waals surface area contributed by atoms with Gasteiger partial charge in [0, 0.05) is 23.0 Å². The molecule has 1 atom stereocenters. The van der Waals surface area contributed by atoms with Gasteiger partial charge in [0.25, 0.3) is 5.91 Å². The molecule has 0 saturated carbocycles. The van der Waals surface area contributed by atoms with Crippen LogP contribution in [0.25, 0.3) is 0 Å². The van der Waals surface area contributed by atoms with Gasteiger partial charge in [-0.2, -0.15) is 0 Å². The number of hydrogen-bond donors (Lipinski definition) is 3. The Bertz CT molecular complexity index is 960. The fraction of sp³-hybridized carbons (Fsp3) is 0.238. The lowest BCUT2D eigenvalue weighted by Gasteiger charge is -2.31. The van der Waals surface area contributed by atoms with Crippen LogP contribution in [0.3, 0.4) is 0 Å². The quantitative estimate of drug-likeness (QED) is 0.628. The summed E-state index contributed by atoms with van der Waals surface area (Å²) in [4.78, 5) is 13.2. The number of anilines is 1. The molecule has 29 heavy (non-hydrogen) atoms. The molecule has 3 rings (SSSR count). The van der Waals surface area contributed by atoms with E-state index in [1.807, 2.05) is 37.3 Å². The number of rotatable bonds is 6. The van der Waals surface area contributed by atoms with E-state index in [1.54, 1.807) is 33.5 Å². The average molecular weight is 413 g/mol. The second kappa shape index (κ2) is 8.83. The van der Waals surface area contributed by atoms with E-state index < -0.39 is 6.04 Å². The molecule has 3 N–H and O–H groups in total. The van der Waals surface area contributed by atoms with E-state index in [4.69, 9.17) is 26.4 Å². The Morgan fingerprint density at radius 1 is 1.00 bits per heavy atom. The molecule has 0 spiro atoms. The number of para-hydroxylation sites is 1. The lowest BCUT2D eigenvalue weighted by Crippen LogP contribution is -2.45. The summed E-state index contributed by atoms with van der Waals surface area (Å²) in [5.74, 6) is 1.34. The maximum atomic E-state index is 13.2. The van der Waals surface area contributed by atoms with Crippen molar-refractivity contribution in [2.45, 2.75) is 13.0 Å². The van der Waals surface area contributed by atoms with Crippen molar-refractivity contribution in [2.24, 2.45) is 0 Å². The monoisotopic (exact) mass is 413 g/mol. The van der Waals surface area contributed by atoms with Crippen molar-refractivity contribution in [3.63, 3.8) is 0 Å². The first-order chi connectivity index (χ1) is 14.0. The third kappa shape index (κ3) is 4.27. The van der Waals surface area contributed by atoms with Crippen LogP contribution in [0.5, 0.6) is 17.2 Å². The van der Waals surface area contributed by atoms with Gasteiger partial charge in [0.15, 0.2) is 16.6 Å². The summed E-state index contributed by atoms with van der Waals surface area (Å²) < 4.78 is 16.4. The molecule has 0 unspecified atom stereocenters. The van der Waals surface area contributed by atoms with Gasteiger partial charge >= 0.3 is 0 Å². The Labute approximate surface area is 175 Å². The highest BCUT2D eigenvalue weighted by molar-refractivity contribution is 7.80. The van der Waals surface area contributed by atoms with E-state index in [0.717, 1.165) is 0 Å². The summed E-state index contributed by atoms with van der Waals surface area (Å²) in [7, 11) is 4.67. The zero-order valence-electron chi connectivity index (χ0n) is 16.7. The van der Waals surface area contributed by atoms with Crippen LogP contribution in [-0.4, -0.2) is 32.3 Å². The molecule has 8 heteroatoms. The van der Waals surface area contributed by atoms with Crippen LogP contribution in [0.4, 0.5) is 5.69 Å².